The molecule has 6 nitrogen and oxygen atoms in total. The lowest BCUT2D eigenvalue weighted by Gasteiger charge is -2.19. The molecule has 0 bridgehead atoms. The zero-order chi connectivity index (χ0) is 20.3. The van der Waals surface area contributed by atoms with Crippen LogP contribution in [0.1, 0.15) is 12.5 Å². The van der Waals surface area contributed by atoms with Crippen LogP contribution in [-0.2, 0) is 15.6 Å². The molecule has 7 heteroatoms. The van der Waals surface area contributed by atoms with Crippen LogP contribution in [0.25, 0.3) is 10.8 Å². The number of benzene rings is 3. The Morgan fingerprint density at radius 2 is 1.72 bits per heavy atom. The van der Waals surface area contributed by atoms with Crippen LogP contribution in [0.5, 0.6) is 5.75 Å². The summed E-state index contributed by atoms with van der Waals surface area (Å²) in [5.41, 5.74) is 0.0843. The normalized spacial score (nSPS) is 18.5. The van der Waals surface area contributed by atoms with Gasteiger partial charge in [0.05, 0.1) is 6.61 Å². The molecule has 0 radical (unpaired) electrons. The first-order valence-electron chi connectivity index (χ1n) is 9.16. The van der Waals surface area contributed by atoms with Gasteiger partial charge in [0.25, 0.3) is 5.91 Å². The third-order valence-electron chi connectivity index (χ3n) is 4.72. The first kappa shape index (κ1) is 19.3. The molecule has 3 aromatic carbocycles. The van der Waals surface area contributed by atoms with Gasteiger partial charge in [0.1, 0.15) is 17.9 Å². The highest BCUT2D eigenvalue weighted by Gasteiger charge is 2.42. The van der Waals surface area contributed by atoms with Gasteiger partial charge in [-0.3, -0.25) is 10.1 Å². The zero-order valence-electron chi connectivity index (χ0n) is 15.8. The van der Waals surface area contributed by atoms with Gasteiger partial charge in [0.15, 0.2) is 0 Å². The molecule has 2 N–H and O–H groups in total. The van der Waals surface area contributed by atoms with Crippen LogP contribution in [0.2, 0.25) is 0 Å². The highest BCUT2D eigenvalue weighted by Crippen LogP contribution is 2.25. The second-order valence-corrected chi connectivity index (χ2v) is 7.86. The van der Waals surface area contributed by atoms with Gasteiger partial charge < -0.3 is 14.2 Å². The molecule has 1 aliphatic heterocycles. The summed E-state index contributed by atoms with van der Waals surface area (Å²) in [6, 6.07) is 21.5. The van der Waals surface area contributed by atoms with Crippen LogP contribution in [0.3, 0.4) is 0 Å². The number of carbonyl (C=O) groups is 2. The van der Waals surface area contributed by atoms with E-state index in [2.05, 4.69) is 34.9 Å². The molecule has 1 atom stereocenters. The maximum Gasteiger partial charge on any atom is 0.322 e. The van der Waals surface area contributed by atoms with E-state index < -0.39 is 11.6 Å². The molecule has 3 aromatic rings. The molecule has 4 rings (SSSR count). The van der Waals surface area contributed by atoms with Crippen molar-refractivity contribution in [1.29, 1.82) is 0 Å². The minimum Gasteiger partial charge on any atom is -0.489 e. The van der Waals surface area contributed by atoms with Crippen molar-refractivity contribution in [2.24, 2.45) is 0 Å². The van der Waals surface area contributed by atoms with Gasteiger partial charge in [-0.2, -0.15) is 0 Å². The summed E-state index contributed by atoms with van der Waals surface area (Å²) in [7, 11) is 0. The molecule has 1 fully saturated rings. The minimum atomic E-state index is -1.05. The number of ether oxygens (including phenoxy) is 1. The third-order valence-corrected chi connectivity index (χ3v) is 5.42. The lowest BCUT2D eigenvalue weighted by Crippen LogP contribution is -2.47. The molecule has 1 unspecified atom stereocenters. The second-order valence-electron chi connectivity index (χ2n) is 6.98. The average Bonchev–Trinajstić information content (AvgIpc) is 2.98. The number of hydrogen-bond donors (Lipinski definition) is 2. The fourth-order valence-corrected chi connectivity index (χ4v) is 3.75. The van der Waals surface area contributed by atoms with E-state index in [-0.39, 0.29) is 12.5 Å². The Hall–Kier alpha value is -3.03. The molecule has 3 amide bonds. The summed E-state index contributed by atoms with van der Waals surface area (Å²) >= 11 is 1.15. The maximum atomic E-state index is 11.8. The van der Waals surface area contributed by atoms with Crippen LogP contribution < -0.4 is 15.4 Å². The van der Waals surface area contributed by atoms with Crippen molar-refractivity contribution in [2.45, 2.75) is 24.0 Å². The fourth-order valence-electron chi connectivity index (χ4n) is 3.07. The molecule has 0 spiro atoms. The number of rotatable bonds is 7. The van der Waals surface area contributed by atoms with Gasteiger partial charge in [-0.05, 0) is 47.5 Å². The lowest BCUT2D eigenvalue weighted by molar-refractivity contribution is -0.124. The van der Waals surface area contributed by atoms with Crippen molar-refractivity contribution < 1.29 is 18.5 Å². The smallest absolute Gasteiger partial charge is 0.322 e. The van der Waals surface area contributed by atoms with Crippen LogP contribution in [-0.4, -0.2) is 24.1 Å². The average molecular weight is 408 g/mol. The van der Waals surface area contributed by atoms with E-state index in [9.17, 15) is 9.59 Å². The molecule has 148 valence electrons. The number of carbonyl (C=O) groups excluding carboxylic acids is 2. The molecule has 0 aliphatic carbocycles. The van der Waals surface area contributed by atoms with Crippen LogP contribution in [0, 0.1) is 0 Å². The largest absolute Gasteiger partial charge is 0.489 e. The summed E-state index contributed by atoms with van der Waals surface area (Å²) in [5, 5.41) is 7.15. The van der Waals surface area contributed by atoms with E-state index >= 15 is 0 Å². The molecule has 0 saturated carbocycles. The third kappa shape index (κ3) is 4.36. The van der Waals surface area contributed by atoms with Crippen LogP contribution in [0.4, 0.5) is 4.79 Å². The van der Waals surface area contributed by atoms with Gasteiger partial charge in [-0.25, -0.2) is 4.79 Å². The van der Waals surface area contributed by atoms with Crippen LogP contribution in [0.15, 0.2) is 71.6 Å². The predicted octanol–water partition coefficient (Wildman–Crippen LogP) is 4.04. The van der Waals surface area contributed by atoms with Gasteiger partial charge in [0.2, 0.25) is 0 Å². The van der Waals surface area contributed by atoms with E-state index in [4.69, 9.17) is 8.92 Å². The number of hydrogen-bond acceptors (Lipinski definition) is 5. The lowest BCUT2D eigenvalue weighted by atomic mass is 10.1. The maximum absolute atomic E-state index is 11.8. The Morgan fingerprint density at radius 1 is 0.966 bits per heavy atom. The van der Waals surface area contributed by atoms with Gasteiger partial charge in [0, 0.05) is 16.9 Å². The van der Waals surface area contributed by atoms with Crippen molar-refractivity contribution in [3.63, 3.8) is 0 Å². The van der Waals surface area contributed by atoms with E-state index in [0.29, 0.717) is 6.61 Å². The van der Waals surface area contributed by atoms with E-state index in [1.807, 2.05) is 42.5 Å². The molecule has 29 heavy (non-hydrogen) atoms. The first-order valence-corrected chi connectivity index (χ1v) is 9.90. The van der Waals surface area contributed by atoms with Crippen molar-refractivity contribution in [3.05, 3.63) is 72.3 Å². The molecular weight excluding hydrogens is 388 g/mol. The Morgan fingerprint density at radius 3 is 2.48 bits per heavy atom. The van der Waals surface area contributed by atoms with Crippen molar-refractivity contribution in [3.8, 4) is 5.75 Å². The Balaban J connectivity index is 1.31. The topological polar surface area (TPSA) is 76.7 Å². The van der Waals surface area contributed by atoms with Gasteiger partial charge >= 0.3 is 6.03 Å². The van der Waals surface area contributed by atoms with Crippen molar-refractivity contribution >= 4 is 34.8 Å². The van der Waals surface area contributed by atoms with Gasteiger partial charge in [-0.1, -0.05) is 42.5 Å². The number of amides is 3. The fraction of sp³-hybridized carbons (Fsp3) is 0.182. The summed E-state index contributed by atoms with van der Waals surface area (Å²) in [5.74, 6) is 0.372. The number of imide groups is 1. The number of fused-ring (bicyclic) bond motifs is 1. The highest BCUT2D eigenvalue weighted by molar-refractivity contribution is 7.94. The summed E-state index contributed by atoms with van der Waals surface area (Å²) in [6.07, 6.45) is 0. The zero-order valence-corrected chi connectivity index (χ0v) is 16.6. The predicted molar refractivity (Wildman–Crippen MR) is 112 cm³/mol. The Labute approximate surface area is 172 Å². The van der Waals surface area contributed by atoms with Crippen LogP contribution >= 0.6 is 12.0 Å². The minimum absolute atomic E-state index is 0.0641. The number of urea groups is 1. The molecule has 0 aromatic heterocycles. The van der Waals surface area contributed by atoms with Gasteiger partial charge in [-0.15, -0.1) is 0 Å². The molecular formula is C22H20N2O4S. The monoisotopic (exact) mass is 408 g/mol. The van der Waals surface area contributed by atoms with Crippen molar-refractivity contribution in [1.82, 2.24) is 10.6 Å². The molecule has 1 saturated heterocycles. The first-order chi connectivity index (χ1) is 14.0. The Bertz CT molecular complexity index is 1050. The second kappa shape index (κ2) is 8.14. The summed E-state index contributed by atoms with van der Waals surface area (Å²) < 4.78 is 11.5. The molecule has 1 heterocycles. The summed E-state index contributed by atoms with van der Waals surface area (Å²) in [6.45, 7) is 2.17. The number of nitrogens with one attached hydrogen (secondary N) is 2. The summed E-state index contributed by atoms with van der Waals surface area (Å²) in [4.78, 5) is 23.9. The standard InChI is InChI=1S/C22H20N2O4S/c1-22(20(25)23-21(26)24-22)14-28-29-18-11-9-17(10-12-18)27-13-16-7-4-6-15-5-2-3-8-19(15)16/h2-12H,13-14H2,1H3,(H2,23,24,25,26). The Kier molecular flexibility index (Phi) is 5.42. The van der Waals surface area contributed by atoms with E-state index in [1.165, 1.54) is 10.8 Å². The highest BCUT2D eigenvalue weighted by atomic mass is 32.2. The molecule has 1 aliphatic rings. The quantitative estimate of drug-likeness (QED) is 0.456. The van der Waals surface area contributed by atoms with Crippen molar-refractivity contribution in [2.75, 3.05) is 6.61 Å². The van der Waals surface area contributed by atoms with E-state index in [0.717, 1.165) is 28.3 Å². The van der Waals surface area contributed by atoms with E-state index in [1.54, 1.807) is 6.92 Å². The SMILES string of the molecule is CC1(COSc2ccc(OCc3cccc4ccccc34)cc2)NC(=O)NC1=O.